The number of nitrogens with zero attached hydrogens (tertiary/aromatic N) is 2. The first-order valence-corrected chi connectivity index (χ1v) is 8.06. The number of benzene rings is 1. The summed E-state index contributed by atoms with van der Waals surface area (Å²) >= 11 is 3.34. The second kappa shape index (κ2) is 5.88. The summed E-state index contributed by atoms with van der Waals surface area (Å²) in [5.41, 5.74) is 7.23. The smallest absolute Gasteiger partial charge is 0.0753 e. The van der Waals surface area contributed by atoms with E-state index in [0.29, 0.717) is 22.4 Å². The predicted molar refractivity (Wildman–Crippen MR) is 81.3 cm³/mol. The molecule has 1 atom stereocenters. The summed E-state index contributed by atoms with van der Waals surface area (Å²) in [6.45, 7) is 4.11. The van der Waals surface area contributed by atoms with Gasteiger partial charge >= 0.3 is 0 Å². The van der Waals surface area contributed by atoms with Crippen LogP contribution in [0, 0.1) is 0 Å². The molecule has 19 heavy (non-hydrogen) atoms. The number of hydrogen-bond acceptors (Lipinski definition) is 3. The van der Waals surface area contributed by atoms with Crippen LogP contribution in [0.4, 0.5) is 5.69 Å². The third-order valence-electron chi connectivity index (χ3n) is 2.69. The Morgan fingerprint density at radius 1 is 1.42 bits per heavy atom. The average Bonchev–Trinajstić information content (AvgIpc) is 2.77. The van der Waals surface area contributed by atoms with Gasteiger partial charge in [-0.25, -0.2) is 0 Å². The molecule has 0 saturated heterocycles. The zero-order valence-electron chi connectivity index (χ0n) is 10.8. The molecule has 102 valence electrons. The van der Waals surface area contributed by atoms with Gasteiger partial charge in [0.05, 0.1) is 27.1 Å². The zero-order valence-corrected chi connectivity index (χ0v) is 13.2. The van der Waals surface area contributed by atoms with Gasteiger partial charge in [0.25, 0.3) is 0 Å². The Balaban J connectivity index is 2.16. The van der Waals surface area contributed by atoms with E-state index in [1.165, 1.54) is 0 Å². The minimum Gasteiger partial charge on any atom is -0.398 e. The normalized spacial score (nSPS) is 12.8. The molecule has 0 amide bonds. The second-order valence-electron chi connectivity index (χ2n) is 4.55. The topological polar surface area (TPSA) is 60.9 Å². The summed E-state index contributed by atoms with van der Waals surface area (Å²) in [6, 6.07) is 7.60. The molecule has 2 rings (SSSR count). The molecule has 2 N–H and O–H groups in total. The maximum absolute atomic E-state index is 12.3. The lowest BCUT2D eigenvalue weighted by molar-refractivity contribution is 0.528. The third kappa shape index (κ3) is 3.45. The fourth-order valence-corrected chi connectivity index (χ4v) is 3.18. The van der Waals surface area contributed by atoms with Crippen molar-refractivity contribution < 1.29 is 4.21 Å². The van der Waals surface area contributed by atoms with E-state index in [0.717, 1.165) is 10.2 Å². The van der Waals surface area contributed by atoms with Crippen molar-refractivity contribution >= 4 is 32.4 Å². The first-order valence-electron chi connectivity index (χ1n) is 5.95. The number of nitrogens with two attached hydrogens (primary N) is 1. The summed E-state index contributed by atoms with van der Waals surface area (Å²) in [5.74, 6) is 0.381. The van der Waals surface area contributed by atoms with Gasteiger partial charge in [0, 0.05) is 22.4 Å². The van der Waals surface area contributed by atoms with E-state index in [2.05, 4.69) is 34.9 Å². The van der Waals surface area contributed by atoms with Gasteiger partial charge in [-0.1, -0.05) is 15.9 Å². The van der Waals surface area contributed by atoms with Gasteiger partial charge in [-0.2, -0.15) is 5.10 Å². The molecule has 0 radical (unpaired) electrons. The SMILES string of the molecule is CC(C)n1ccc(CS(=O)c2ccc(Br)cc2N)n1. The van der Waals surface area contributed by atoms with Crippen molar-refractivity contribution in [2.45, 2.75) is 30.5 Å². The average molecular weight is 342 g/mol. The molecule has 0 spiro atoms. The van der Waals surface area contributed by atoms with Gasteiger partial charge in [0.1, 0.15) is 0 Å². The van der Waals surface area contributed by atoms with Gasteiger partial charge in [0.2, 0.25) is 0 Å². The van der Waals surface area contributed by atoms with Crippen LogP contribution in [0.3, 0.4) is 0 Å². The van der Waals surface area contributed by atoms with Gasteiger partial charge in [-0.15, -0.1) is 0 Å². The van der Waals surface area contributed by atoms with Crippen LogP contribution in [-0.4, -0.2) is 14.0 Å². The summed E-state index contributed by atoms with van der Waals surface area (Å²) in [5, 5.41) is 4.40. The van der Waals surface area contributed by atoms with Gasteiger partial charge in [0.15, 0.2) is 0 Å². The van der Waals surface area contributed by atoms with E-state index in [1.54, 1.807) is 12.1 Å². The van der Waals surface area contributed by atoms with Crippen LogP contribution in [-0.2, 0) is 16.6 Å². The Morgan fingerprint density at radius 2 is 2.16 bits per heavy atom. The van der Waals surface area contributed by atoms with E-state index in [-0.39, 0.29) is 0 Å². The van der Waals surface area contributed by atoms with Gasteiger partial charge in [-0.3, -0.25) is 8.89 Å². The molecule has 2 aromatic rings. The number of rotatable bonds is 4. The number of anilines is 1. The molecule has 1 aromatic heterocycles. The minimum absolute atomic E-state index is 0.305. The largest absolute Gasteiger partial charge is 0.398 e. The molecule has 0 aliphatic rings. The van der Waals surface area contributed by atoms with Crippen LogP contribution < -0.4 is 5.73 Å². The Morgan fingerprint density at radius 3 is 2.74 bits per heavy atom. The van der Waals surface area contributed by atoms with Gasteiger partial charge in [-0.05, 0) is 38.1 Å². The molecular weight excluding hydrogens is 326 g/mol. The highest BCUT2D eigenvalue weighted by Gasteiger charge is 2.11. The lowest BCUT2D eigenvalue weighted by Crippen LogP contribution is -2.04. The second-order valence-corrected chi connectivity index (χ2v) is 6.89. The van der Waals surface area contributed by atoms with Crippen molar-refractivity contribution in [2.24, 2.45) is 0 Å². The zero-order chi connectivity index (χ0) is 14.0. The molecule has 0 saturated carbocycles. The van der Waals surface area contributed by atoms with E-state index < -0.39 is 10.8 Å². The Hall–Kier alpha value is -1.14. The minimum atomic E-state index is -1.18. The summed E-state index contributed by atoms with van der Waals surface area (Å²) in [6.07, 6.45) is 1.90. The fourth-order valence-electron chi connectivity index (χ4n) is 1.68. The highest BCUT2D eigenvalue weighted by atomic mass is 79.9. The summed E-state index contributed by atoms with van der Waals surface area (Å²) < 4.78 is 15.0. The lowest BCUT2D eigenvalue weighted by Gasteiger charge is -2.06. The fraction of sp³-hybridized carbons (Fsp3) is 0.308. The molecular formula is C13H16BrN3OS. The van der Waals surface area contributed by atoms with Crippen LogP contribution in [0.2, 0.25) is 0 Å². The summed E-state index contributed by atoms with van der Waals surface area (Å²) in [7, 11) is -1.18. The maximum Gasteiger partial charge on any atom is 0.0753 e. The maximum atomic E-state index is 12.3. The van der Waals surface area contributed by atoms with E-state index in [1.807, 2.05) is 23.0 Å². The molecule has 6 heteroatoms. The third-order valence-corrected chi connectivity index (χ3v) is 4.60. The van der Waals surface area contributed by atoms with Crippen molar-refractivity contribution in [3.8, 4) is 0 Å². The van der Waals surface area contributed by atoms with Crippen molar-refractivity contribution in [3.63, 3.8) is 0 Å². The first kappa shape index (κ1) is 14.3. The van der Waals surface area contributed by atoms with E-state index in [9.17, 15) is 4.21 Å². The highest BCUT2D eigenvalue weighted by molar-refractivity contribution is 9.10. The number of aromatic nitrogens is 2. The van der Waals surface area contributed by atoms with Gasteiger partial charge < -0.3 is 5.73 Å². The molecule has 4 nitrogen and oxygen atoms in total. The number of nitrogen functional groups attached to an aromatic ring is 1. The van der Waals surface area contributed by atoms with E-state index in [4.69, 9.17) is 5.73 Å². The molecule has 1 unspecified atom stereocenters. The van der Waals surface area contributed by atoms with Crippen LogP contribution in [0.1, 0.15) is 25.6 Å². The molecule has 0 fully saturated rings. The van der Waals surface area contributed by atoms with Crippen LogP contribution in [0.15, 0.2) is 39.8 Å². The Labute approximate surface area is 123 Å². The molecule has 1 aromatic carbocycles. The Kier molecular flexibility index (Phi) is 4.42. The van der Waals surface area contributed by atoms with Crippen molar-refractivity contribution in [1.29, 1.82) is 0 Å². The summed E-state index contributed by atoms with van der Waals surface area (Å²) in [4.78, 5) is 0.655. The number of halogens is 1. The monoisotopic (exact) mass is 341 g/mol. The Bertz CT molecular complexity index is 610. The molecule has 0 aliphatic carbocycles. The molecule has 1 heterocycles. The quantitative estimate of drug-likeness (QED) is 0.869. The van der Waals surface area contributed by atoms with Crippen LogP contribution in [0.25, 0.3) is 0 Å². The van der Waals surface area contributed by atoms with Crippen LogP contribution in [0.5, 0.6) is 0 Å². The first-order chi connectivity index (χ1) is 8.97. The van der Waals surface area contributed by atoms with Crippen molar-refractivity contribution in [2.75, 3.05) is 5.73 Å². The predicted octanol–water partition coefficient (Wildman–Crippen LogP) is 3.12. The molecule has 0 bridgehead atoms. The molecule has 0 aliphatic heterocycles. The standard InChI is InChI=1S/C13H16BrN3OS/c1-9(2)17-6-5-11(16-17)8-19(18)13-4-3-10(14)7-12(13)15/h3-7,9H,8,15H2,1-2H3. The lowest BCUT2D eigenvalue weighted by atomic mass is 10.3. The number of hydrogen-bond donors (Lipinski definition) is 1. The van der Waals surface area contributed by atoms with Crippen LogP contribution >= 0.6 is 15.9 Å². The van der Waals surface area contributed by atoms with Crippen molar-refractivity contribution in [1.82, 2.24) is 9.78 Å². The van der Waals surface area contributed by atoms with E-state index >= 15 is 0 Å². The van der Waals surface area contributed by atoms with Crippen molar-refractivity contribution in [3.05, 3.63) is 40.6 Å². The highest BCUT2D eigenvalue weighted by Crippen LogP contribution is 2.23.